The molecule has 0 aliphatic heterocycles. The van der Waals surface area contributed by atoms with Gasteiger partial charge in [0.15, 0.2) is 0 Å². The molecule has 0 atom stereocenters. The molecule has 0 unspecified atom stereocenters. The van der Waals surface area contributed by atoms with Crippen LogP contribution in [-0.2, 0) is 14.8 Å². The van der Waals surface area contributed by atoms with Gasteiger partial charge in [-0.3, -0.25) is 4.79 Å². The van der Waals surface area contributed by atoms with Gasteiger partial charge in [0.1, 0.15) is 0 Å². The summed E-state index contributed by atoms with van der Waals surface area (Å²) in [5.74, 6) is -0.338. The van der Waals surface area contributed by atoms with Crippen molar-refractivity contribution in [2.45, 2.75) is 32.2 Å². The van der Waals surface area contributed by atoms with Gasteiger partial charge >= 0.3 is 0 Å². The van der Waals surface area contributed by atoms with Gasteiger partial charge in [0.25, 0.3) is 0 Å². The standard InChI is InChI=1S/C10H23N3O3S.ClH/c1-5-10(11,6-2)8-12-9(14)7-13(3)17(4,15)16;/h5-8,11H2,1-4H3,(H,12,14);1H. The van der Waals surface area contributed by atoms with Crippen molar-refractivity contribution in [3.8, 4) is 0 Å². The van der Waals surface area contributed by atoms with Crippen LogP contribution in [0.1, 0.15) is 26.7 Å². The van der Waals surface area contributed by atoms with Gasteiger partial charge in [-0.2, -0.15) is 4.31 Å². The van der Waals surface area contributed by atoms with E-state index in [1.54, 1.807) is 0 Å². The molecule has 0 spiro atoms. The lowest BCUT2D eigenvalue weighted by molar-refractivity contribution is -0.121. The van der Waals surface area contributed by atoms with E-state index in [1.807, 2.05) is 13.8 Å². The number of halogens is 1. The van der Waals surface area contributed by atoms with Crippen molar-refractivity contribution in [2.24, 2.45) is 5.73 Å². The molecule has 0 saturated heterocycles. The quantitative estimate of drug-likeness (QED) is 0.688. The van der Waals surface area contributed by atoms with E-state index in [-0.39, 0.29) is 24.9 Å². The smallest absolute Gasteiger partial charge is 0.235 e. The van der Waals surface area contributed by atoms with Gasteiger partial charge < -0.3 is 11.1 Å². The molecule has 0 rings (SSSR count). The Labute approximate surface area is 116 Å². The Hall–Kier alpha value is -0.370. The summed E-state index contributed by atoms with van der Waals surface area (Å²) in [5.41, 5.74) is 5.60. The zero-order valence-electron chi connectivity index (χ0n) is 11.4. The van der Waals surface area contributed by atoms with E-state index in [4.69, 9.17) is 5.73 Å². The fraction of sp³-hybridized carbons (Fsp3) is 0.900. The van der Waals surface area contributed by atoms with E-state index in [1.165, 1.54) is 7.05 Å². The number of hydrogen-bond donors (Lipinski definition) is 2. The zero-order chi connectivity index (χ0) is 13.7. The first-order chi connectivity index (χ1) is 7.64. The van der Waals surface area contributed by atoms with E-state index >= 15 is 0 Å². The van der Waals surface area contributed by atoms with Crippen molar-refractivity contribution in [3.63, 3.8) is 0 Å². The Balaban J connectivity index is 0. The van der Waals surface area contributed by atoms with Gasteiger partial charge in [0, 0.05) is 19.1 Å². The number of carbonyl (C=O) groups is 1. The van der Waals surface area contributed by atoms with Crippen molar-refractivity contribution in [1.82, 2.24) is 9.62 Å². The Morgan fingerprint density at radius 2 is 1.78 bits per heavy atom. The summed E-state index contributed by atoms with van der Waals surface area (Å²) in [6, 6.07) is 0. The lowest BCUT2D eigenvalue weighted by Crippen LogP contribution is -2.50. The SMILES string of the molecule is CCC(N)(CC)CNC(=O)CN(C)S(C)(=O)=O.Cl. The van der Waals surface area contributed by atoms with Gasteiger partial charge in [0.05, 0.1) is 12.8 Å². The third-order valence-corrected chi connectivity index (χ3v) is 4.24. The number of amides is 1. The predicted molar refractivity (Wildman–Crippen MR) is 75.2 cm³/mol. The second kappa shape index (κ2) is 7.93. The Morgan fingerprint density at radius 1 is 1.33 bits per heavy atom. The van der Waals surface area contributed by atoms with Crippen molar-refractivity contribution in [3.05, 3.63) is 0 Å². The van der Waals surface area contributed by atoms with Crippen LogP contribution in [0.2, 0.25) is 0 Å². The highest BCUT2D eigenvalue weighted by atomic mass is 35.5. The van der Waals surface area contributed by atoms with Crippen molar-refractivity contribution in [1.29, 1.82) is 0 Å². The lowest BCUT2D eigenvalue weighted by atomic mass is 9.94. The van der Waals surface area contributed by atoms with E-state index in [2.05, 4.69) is 5.32 Å². The van der Waals surface area contributed by atoms with Crippen LogP contribution in [0.25, 0.3) is 0 Å². The number of likely N-dealkylation sites (N-methyl/N-ethyl adjacent to an activating group) is 1. The highest BCUT2D eigenvalue weighted by molar-refractivity contribution is 7.88. The maximum atomic E-state index is 11.5. The monoisotopic (exact) mass is 301 g/mol. The van der Waals surface area contributed by atoms with Crippen molar-refractivity contribution < 1.29 is 13.2 Å². The number of nitrogens with zero attached hydrogens (tertiary/aromatic N) is 1. The highest BCUT2D eigenvalue weighted by Gasteiger charge is 2.22. The maximum Gasteiger partial charge on any atom is 0.235 e. The normalized spacial score (nSPS) is 12.1. The van der Waals surface area contributed by atoms with E-state index in [9.17, 15) is 13.2 Å². The first kappa shape index (κ1) is 20.0. The number of carbonyl (C=O) groups excluding carboxylic acids is 1. The second-order valence-electron chi connectivity index (χ2n) is 4.37. The van der Waals surface area contributed by atoms with Gasteiger partial charge in [-0.05, 0) is 12.8 Å². The third kappa shape index (κ3) is 7.15. The summed E-state index contributed by atoms with van der Waals surface area (Å²) < 4.78 is 23.2. The van der Waals surface area contributed by atoms with Crippen LogP contribution in [0.5, 0.6) is 0 Å². The highest BCUT2D eigenvalue weighted by Crippen LogP contribution is 2.09. The number of hydrogen-bond acceptors (Lipinski definition) is 4. The molecule has 0 fully saturated rings. The van der Waals surface area contributed by atoms with E-state index in [0.717, 1.165) is 23.4 Å². The minimum Gasteiger partial charge on any atom is -0.353 e. The largest absolute Gasteiger partial charge is 0.353 e. The maximum absolute atomic E-state index is 11.5. The van der Waals surface area contributed by atoms with Crippen LogP contribution >= 0.6 is 12.4 Å². The molecule has 0 aliphatic rings. The van der Waals surface area contributed by atoms with Gasteiger partial charge in [-0.1, -0.05) is 13.8 Å². The number of rotatable bonds is 7. The summed E-state index contributed by atoms with van der Waals surface area (Å²) in [7, 11) is -1.96. The molecule has 0 radical (unpaired) electrons. The molecule has 3 N–H and O–H groups in total. The Morgan fingerprint density at radius 3 is 2.11 bits per heavy atom. The minimum absolute atomic E-state index is 0. The number of nitrogens with one attached hydrogen (secondary N) is 1. The Bertz CT molecular complexity index is 355. The van der Waals surface area contributed by atoms with Gasteiger partial charge in [-0.25, -0.2) is 8.42 Å². The van der Waals surface area contributed by atoms with Crippen LogP contribution < -0.4 is 11.1 Å². The fourth-order valence-corrected chi connectivity index (χ4v) is 1.50. The van der Waals surface area contributed by atoms with Gasteiger partial charge in [-0.15, -0.1) is 12.4 Å². The third-order valence-electron chi connectivity index (χ3n) is 2.98. The van der Waals surface area contributed by atoms with E-state index in [0.29, 0.717) is 6.54 Å². The van der Waals surface area contributed by atoms with Gasteiger partial charge in [0.2, 0.25) is 15.9 Å². The first-order valence-electron chi connectivity index (χ1n) is 5.61. The lowest BCUT2D eigenvalue weighted by Gasteiger charge is -2.27. The van der Waals surface area contributed by atoms with Crippen molar-refractivity contribution in [2.75, 3.05) is 26.4 Å². The molecule has 1 amide bonds. The minimum atomic E-state index is -3.32. The summed E-state index contributed by atoms with van der Waals surface area (Å²) in [5, 5.41) is 2.66. The molecule has 110 valence electrons. The molecule has 0 aromatic carbocycles. The average Bonchev–Trinajstić information content (AvgIpc) is 2.24. The fourth-order valence-electron chi connectivity index (χ4n) is 1.15. The number of nitrogens with two attached hydrogens (primary N) is 1. The molecule has 8 heteroatoms. The number of sulfonamides is 1. The molecule has 0 bridgehead atoms. The van der Waals surface area contributed by atoms with Crippen LogP contribution in [0.15, 0.2) is 0 Å². The summed E-state index contributed by atoms with van der Waals surface area (Å²) in [6.45, 7) is 4.09. The van der Waals surface area contributed by atoms with Crippen LogP contribution in [0.3, 0.4) is 0 Å². The molecular weight excluding hydrogens is 278 g/mol. The molecule has 18 heavy (non-hydrogen) atoms. The summed E-state index contributed by atoms with van der Waals surface area (Å²) >= 11 is 0. The van der Waals surface area contributed by atoms with Crippen LogP contribution in [-0.4, -0.2) is 50.6 Å². The molecule has 0 heterocycles. The average molecular weight is 302 g/mol. The van der Waals surface area contributed by atoms with Crippen LogP contribution in [0, 0.1) is 0 Å². The Kier molecular flexibility index (Phi) is 8.80. The molecule has 0 aliphatic carbocycles. The molecule has 0 saturated carbocycles. The summed E-state index contributed by atoms with van der Waals surface area (Å²) in [6.07, 6.45) is 2.57. The van der Waals surface area contributed by atoms with Crippen molar-refractivity contribution >= 4 is 28.3 Å². The van der Waals surface area contributed by atoms with E-state index < -0.39 is 15.6 Å². The molecule has 0 aromatic heterocycles. The predicted octanol–water partition coefficient (Wildman–Crippen LogP) is -0.0667. The summed E-state index contributed by atoms with van der Waals surface area (Å²) in [4.78, 5) is 11.5. The zero-order valence-corrected chi connectivity index (χ0v) is 13.0. The molecule has 6 nitrogen and oxygen atoms in total. The molecular formula is C10H24ClN3O3S. The second-order valence-corrected chi connectivity index (χ2v) is 6.45. The molecule has 0 aromatic rings. The topological polar surface area (TPSA) is 92.5 Å². The first-order valence-corrected chi connectivity index (χ1v) is 7.46. The van der Waals surface area contributed by atoms with Crippen LogP contribution in [0.4, 0.5) is 0 Å².